The van der Waals surface area contributed by atoms with E-state index in [2.05, 4.69) is 43.6 Å². The van der Waals surface area contributed by atoms with Gasteiger partial charge in [-0.05, 0) is 54.5 Å². The molecule has 1 aliphatic carbocycles. The number of carbonyl (C=O) groups excluding carboxylic acids is 3. The highest BCUT2D eigenvalue weighted by atomic mass is 16.5. The standard InChI is InChI=1S/C31H46N4O4/c1-5-33-13-15-34(16-14-33)21-11-12-22(29(32)37)23(17-21)26(20-9-7-6-8-10-20)30(38)35-18-24(31(2,3)4)28-27(35)25(36)19-39-28/h11-12,17,20,24,26-28H,5-10,13-16,18-19H2,1-4H3,(H2,32,37)/t24-,26-,27+,28+/m0/s1. The number of primary amides is 1. The average molecular weight is 539 g/mol. The number of likely N-dealkylation sites (tertiary alicyclic amines) is 1. The summed E-state index contributed by atoms with van der Waals surface area (Å²) in [4.78, 5) is 47.1. The third-order valence-electron chi connectivity index (χ3n) is 9.79. The number of nitrogens with two attached hydrogens (primary N) is 1. The fourth-order valence-corrected chi connectivity index (χ4v) is 7.43. The molecule has 8 nitrogen and oxygen atoms in total. The van der Waals surface area contributed by atoms with E-state index in [1.807, 2.05) is 17.0 Å². The van der Waals surface area contributed by atoms with Crippen LogP contribution in [0.25, 0.3) is 0 Å². The molecule has 4 atom stereocenters. The molecule has 0 radical (unpaired) electrons. The number of likely N-dealkylation sites (N-methyl/N-ethyl adjacent to an activating group) is 1. The van der Waals surface area contributed by atoms with Crippen LogP contribution in [-0.2, 0) is 14.3 Å². The Morgan fingerprint density at radius 2 is 1.77 bits per heavy atom. The summed E-state index contributed by atoms with van der Waals surface area (Å²) in [5.74, 6) is -0.883. The normalized spacial score (nSPS) is 27.6. The van der Waals surface area contributed by atoms with Gasteiger partial charge in [-0.2, -0.15) is 0 Å². The minimum absolute atomic E-state index is 0.0137. The molecule has 39 heavy (non-hydrogen) atoms. The zero-order valence-electron chi connectivity index (χ0n) is 24.2. The monoisotopic (exact) mass is 538 g/mol. The predicted octanol–water partition coefficient (Wildman–Crippen LogP) is 3.43. The number of hydrogen-bond donors (Lipinski definition) is 1. The van der Waals surface area contributed by atoms with Crippen molar-refractivity contribution in [3.63, 3.8) is 0 Å². The van der Waals surface area contributed by atoms with Gasteiger partial charge in [0.1, 0.15) is 12.6 Å². The lowest BCUT2D eigenvalue weighted by Crippen LogP contribution is -2.47. The van der Waals surface area contributed by atoms with Gasteiger partial charge < -0.3 is 25.2 Å². The number of piperazine rings is 1. The van der Waals surface area contributed by atoms with Crippen LogP contribution >= 0.6 is 0 Å². The van der Waals surface area contributed by atoms with Gasteiger partial charge in [-0.25, -0.2) is 0 Å². The second-order valence-electron chi connectivity index (χ2n) is 13.1. The SMILES string of the molecule is CCN1CCN(c2ccc(C(N)=O)c([C@@H](C(=O)N3C[C@H](C(C)(C)C)[C@H]4OCC(=O)[C@H]43)C3CCCCC3)c2)CC1. The maximum absolute atomic E-state index is 14.7. The first-order valence-corrected chi connectivity index (χ1v) is 15.0. The summed E-state index contributed by atoms with van der Waals surface area (Å²) < 4.78 is 5.99. The number of hydrogen-bond acceptors (Lipinski definition) is 6. The number of carbonyl (C=O) groups is 3. The van der Waals surface area contributed by atoms with Crippen LogP contribution in [0.15, 0.2) is 18.2 Å². The summed E-state index contributed by atoms with van der Waals surface area (Å²) in [7, 11) is 0. The molecule has 3 aliphatic heterocycles. The van der Waals surface area contributed by atoms with Crippen molar-refractivity contribution in [3.05, 3.63) is 29.3 Å². The number of amides is 2. The molecule has 0 bridgehead atoms. The molecule has 0 aromatic heterocycles. The molecule has 214 valence electrons. The Bertz CT molecular complexity index is 1080. The van der Waals surface area contributed by atoms with Crippen LogP contribution in [0.5, 0.6) is 0 Å². The Balaban J connectivity index is 1.54. The number of nitrogens with zero attached hydrogens (tertiary/aromatic N) is 3. The third kappa shape index (κ3) is 5.47. The van der Waals surface area contributed by atoms with Crippen molar-refractivity contribution in [1.82, 2.24) is 9.80 Å². The lowest BCUT2D eigenvalue weighted by atomic mass is 9.74. The van der Waals surface area contributed by atoms with E-state index in [4.69, 9.17) is 10.5 Å². The Hall–Kier alpha value is -2.45. The number of ether oxygens (including phenoxy) is 1. The van der Waals surface area contributed by atoms with E-state index in [1.54, 1.807) is 0 Å². The first-order chi connectivity index (χ1) is 18.6. The number of rotatable bonds is 6. The van der Waals surface area contributed by atoms with E-state index in [-0.39, 0.29) is 41.7 Å². The molecular formula is C31H46N4O4. The van der Waals surface area contributed by atoms with Crippen molar-refractivity contribution in [3.8, 4) is 0 Å². The van der Waals surface area contributed by atoms with Crippen molar-refractivity contribution in [2.75, 3.05) is 50.8 Å². The van der Waals surface area contributed by atoms with Crippen LogP contribution in [0.2, 0.25) is 0 Å². The van der Waals surface area contributed by atoms with E-state index in [0.29, 0.717) is 12.1 Å². The molecular weight excluding hydrogens is 492 g/mol. The number of benzene rings is 1. The van der Waals surface area contributed by atoms with Crippen molar-refractivity contribution >= 4 is 23.3 Å². The summed E-state index contributed by atoms with van der Waals surface area (Å²) in [6, 6.07) is 5.30. The number of Topliss-reactive ketones (excluding diaryl/α,β-unsaturated/α-hetero) is 1. The summed E-state index contributed by atoms with van der Waals surface area (Å²) in [6.45, 7) is 14.0. The second kappa shape index (κ2) is 11.2. The van der Waals surface area contributed by atoms with Gasteiger partial charge in [0.25, 0.3) is 0 Å². The molecule has 3 saturated heterocycles. The molecule has 4 aliphatic rings. The van der Waals surface area contributed by atoms with E-state index in [1.165, 1.54) is 0 Å². The van der Waals surface area contributed by atoms with E-state index in [0.717, 1.165) is 76.1 Å². The summed E-state index contributed by atoms with van der Waals surface area (Å²) in [6.07, 6.45) is 4.89. The van der Waals surface area contributed by atoms with Crippen molar-refractivity contribution in [2.24, 2.45) is 23.0 Å². The average Bonchev–Trinajstić information content (AvgIpc) is 3.50. The van der Waals surface area contributed by atoms with Crippen LogP contribution < -0.4 is 10.6 Å². The van der Waals surface area contributed by atoms with Gasteiger partial charge in [0.15, 0.2) is 5.78 Å². The predicted molar refractivity (Wildman–Crippen MR) is 152 cm³/mol. The Morgan fingerprint density at radius 3 is 2.38 bits per heavy atom. The van der Waals surface area contributed by atoms with Gasteiger partial charge in [0.2, 0.25) is 11.8 Å². The molecule has 8 heteroatoms. The smallest absolute Gasteiger partial charge is 0.249 e. The molecule has 1 saturated carbocycles. The van der Waals surface area contributed by atoms with E-state index < -0.39 is 17.9 Å². The maximum atomic E-state index is 14.7. The second-order valence-corrected chi connectivity index (χ2v) is 13.1. The summed E-state index contributed by atoms with van der Waals surface area (Å²) in [5, 5.41) is 0. The van der Waals surface area contributed by atoms with Crippen LogP contribution in [-0.4, -0.2) is 85.4 Å². The summed E-state index contributed by atoms with van der Waals surface area (Å²) in [5.41, 5.74) is 8.01. The van der Waals surface area contributed by atoms with Crippen molar-refractivity contribution in [1.29, 1.82) is 0 Å². The first-order valence-electron chi connectivity index (χ1n) is 15.0. The van der Waals surface area contributed by atoms with Gasteiger partial charge in [-0.3, -0.25) is 14.4 Å². The first kappa shape index (κ1) is 28.1. The van der Waals surface area contributed by atoms with Crippen LogP contribution in [0.4, 0.5) is 5.69 Å². The van der Waals surface area contributed by atoms with Gasteiger partial charge in [-0.1, -0.05) is 47.0 Å². The molecule has 0 spiro atoms. The van der Waals surface area contributed by atoms with Gasteiger partial charge >= 0.3 is 0 Å². The largest absolute Gasteiger partial charge is 0.369 e. The minimum atomic E-state index is -0.546. The molecule has 5 rings (SSSR count). The molecule has 0 unspecified atom stereocenters. The van der Waals surface area contributed by atoms with Gasteiger partial charge in [-0.15, -0.1) is 0 Å². The highest BCUT2D eigenvalue weighted by molar-refractivity contribution is 5.99. The fourth-order valence-electron chi connectivity index (χ4n) is 7.43. The molecule has 1 aromatic rings. The van der Waals surface area contributed by atoms with E-state index in [9.17, 15) is 14.4 Å². The Labute approximate surface area is 233 Å². The van der Waals surface area contributed by atoms with Crippen molar-refractivity contribution < 1.29 is 19.1 Å². The van der Waals surface area contributed by atoms with Crippen LogP contribution in [0, 0.1) is 17.3 Å². The fraction of sp³-hybridized carbons (Fsp3) is 0.710. The third-order valence-corrected chi connectivity index (χ3v) is 9.79. The topological polar surface area (TPSA) is 96.2 Å². The lowest BCUT2D eigenvalue weighted by Gasteiger charge is -2.37. The highest BCUT2D eigenvalue weighted by Crippen LogP contribution is 2.45. The van der Waals surface area contributed by atoms with Crippen LogP contribution in [0.3, 0.4) is 0 Å². The Kier molecular flexibility index (Phi) is 8.07. The molecule has 3 heterocycles. The molecule has 2 N–H and O–H groups in total. The molecule has 4 fully saturated rings. The highest BCUT2D eigenvalue weighted by Gasteiger charge is 2.56. The molecule has 1 aromatic carbocycles. The molecule has 2 amide bonds. The number of anilines is 1. The maximum Gasteiger partial charge on any atom is 0.249 e. The zero-order valence-corrected chi connectivity index (χ0v) is 24.2. The zero-order chi connectivity index (χ0) is 27.9. The number of ketones is 1. The summed E-state index contributed by atoms with van der Waals surface area (Å²) >= 11 is 0. The van der Waals surface area contributed by atoms with Gasteiger partial charge in [0.05, 0.1) is 12.0 Å². The van der Waals surface area contributed by atoms with Gasteiger partial charge in [0, 0.05) is 49.9 Å². The lowest BCUT2D eigenvalue weighted by molar-refractivity contribution is -0.139. The quantitative estimate of drug-likeness (QED) is 0.596. The Morgan fingerprint density at radius 1 is 1.08 bits per heavy atom. The van der Waals surface area contributed by atoms with Crippen molar-refractivity contribution in [2.45, 2.75) is 77.9 Å². The van der Waals surface area contributed by atoms with E-state index >= 15 is 0 Å². The minimum Gasteiger partial charge on any atom is -0.369 e. The van der Waals surface area contributed by atoms with Crippen LogP contribution in [0.1, 0.15) is 81.6 Å². The number of fused-ring (bicyclic) bond motifs is 1.